The molecule has 3 aromatic heterocycles. The molecule has 0 saturated carbocycles. The molecule has 0 radical (unpaired) electrons. The molecule has 0 fully saturated rings. The van der Waals surface area contributed by atoms with Crippen LogP contribution in [0.5, 0.6) is 0 Å². The van der Waals surface area contributed by atoms with Crippen molar-refractivity contribution in [3.8, 4) is 50.4 Å². The Bertz CT molecular complexity index is 3800. The summed E-state index contributed by atoms with van der Waals surface area (Å²) >= 11 is 0. The number of benzene rings is 10. The van der Waals surface area contributed by atoms with Crippen molar-refractivity contribution in [1.82, 2.24) is 4.57 Å². The van der Waals surface area contributed by atoms with Gasteiger partial charge in [-0.25, -0.2) is 0 Å². The fourth-order valence-electron chi connectivity index (χ4n) is 9.99. The van der Waals surface area contributed by atoms with Gasteiger partial charge in [-0.05, 0) is 104 Å². The normalized spacial score (nSPS) is 11.9. The van der Waals surface area contributed by atoms with Crippen LogP contribution < -0.4 is 0 Å². The van der Waals surface area contributed by atoms with E-state index in [4.69, 9.17) is 8.83 Å². The van der Waals surface area contributed by atoms with Gasteiger partial charge >= 0.3 is 0 Å². The molecule has 0 aliphatic rings. The fraction of sp³-hybridized carbons (Fsp3) is 0. The highest BCUT2D eigenvalue weighted by Gasteiger charge is 2.24. The Kier molecular flexibility index (Phi) is 7.31. The predicted molar refractivity (Wildman–Crippen MR) is 255 cm³/mol. The van der Waals surface area contributed by atoms with E-state index in [1.54, 1.807) is 0 Å². The SMILES string of the molecule is c1ccc(-c2oc3c(ccc4oc5ccc(-c6c7ccccc7c(-c7ccc8c(c7)c7ccccc7n8-c7ccccc7)c7ccccc67)cc5c43)c2-c2ccccc2)cc1. The van der Waals surface area contributed by atoms with Crippen molar-refractivity contribution in [3.05, 3.63) is 212 Å². The van der Waals surface area contributed by atoms with Crippen LogP contribution in [-0.4, -0.2) is 4.57 Å². The number of furan rings is 2. The van der Waals surface area contributed by atoms with Crippen molar-refractivity contribution < 1.29 is 8.83 Å². The average Bonchev–Trinajstić information content (AvgIpc) is 4.01. The van der Waals surface area contributed by atoms with Gasteiger partial charge in [-0.2, -0.15) is 0 Å². The van der Waals surface area contributed by atoms with E-state index < -0.39 is 0 Å². The van der Waals surface area contributed by atoms with E-state index in [0.29, 0.717) is 0 Å². The van der Waals surface area contributed by atoms with Gasteiger partial charge in [0, 0.05) is 38.4 Å². The molecule has 0 unspecified atom stereocenters. The summed E-state index contributed by atoms with van der Waals surface area (Å²) in [5.74, 6) is 0.857. The van der Waals surface area contributed by atoms with Gasteiger partial charge in [0.1, 0.15) is 22.5 Å². The summed E-state index contributed by atoms with van der Waals surface area (Å²) in [7, 11) is 0. The van der Waals surface area contributed by atoms with Gasteiger partial charge in [-0.15, -0.1) is 0 Å². The Morgan fingerprint density at radius 2 is 0.803 bits per heavy atom. The monoisotopic (exact) mass is 777 g/mol. The molecule has 10 aromatic carbocycles. The lowest BCUT2D eigenvalue weighted by atomic mass is 9.85. The van der Waals surface area contributed by atoms with E-state index in [9.17, 15) is 0 Å². The van der Waals surface area contributed by atoms with Crippen LogP contribution in [-0.2, 0) is 0 Å². The lowest BCUT2D eigenvalue weighted by molar-refractivity contribution is 0.634. The Balaban J connectivity index is 1.05. The van der Waals surface area contributed by atoms with Crippen LogP contribution in [0.4, 0.5) is 0 Å². The third kappa shape index (κ3) is 5.04. The fourth-order valence-corrected chi connectivity index (χ4v) is 9.99. The quantitative estimate of drug-likeness (QED) is 0.163. The Morgan fingerprint density at radius 1 is 0.295 bits per heavy atom. The highest BCUT2D eigenvalue weighted by molar-refractivity contribution is 6.25. The van der Waals surface area contributed by atoms with Gasteiger partial charge < -0.3 is 13.4 Å². The number of para-hydroxylation sites is 2. The van der Waals surface area contributed by atoms with Gasteiger partial charge in [-0.1, -0.05) is 158 Å². The van der Waals surface area contributed by atoms with Crippen molar-refractivity contribution in [2.45, 2.75) is 0 Å². The maximum absolute atomic E-state index is 6.99. The molecule has 13 aromatic rings. The molecule has 13 rings (SSSR count). The third-order valence-electron chi connectivity index (χ3n) is 12.6. The van der Waals surface area contributed by atoms with Crippen LogP contribution in [0.25, 0.3) is 127 Å². The summed E-state index contributed by atoms with van der Waals surface area (Å²) in [5.41, 5.74) is 14.0. The molecule has 284 valence electrons. The zero-order chi connectivity index (χ0) is 40.0. The Labute approximate surface area is 350 Å². The molecule has 3 heteroatoms. The molecule has 0 amide bonds. The lowest BCUT2D eigenvalue weighted by Crippen LogP contribution is -1.93. The van der Waals surface area contributed by atoms with Crippen LogP contribution in [0.3, 0.4) is 0 Å². The number of fused-ring (bicyclic) bond motifs is 10. The van der Waals surface area contributed by atoms with Crippen molar-refractivity contribution in [1.29, 1.82) is 0 Å². The van der Waals surface area contributed by atoms with Gasteiger partial charge in [-0.3, -0.25) is 0 Å². The van der Waals surface area contributed by atoms with Crippen LogP contribution >= 0.6 is 0 Å². The molecule has 0 aliphatic carbocycles. The van der Waals surface area contributed by atoms with E-state index in [1.165, 1.54) is 60.0 Å². The maximum atomic E-state index is 6.99. The second kappa shape index (κ2) is 13.2. The minimum atomic E-state index is 0.807. The molecule has 0 bridgehead atoms. The lowest BCUT2D eigenvalue weighted by Gasteiger charge is -2.18. The summed E-state index contributed by atoms with van der Waals surface area (Å²) < 4.78 is 16.0. The van der Waals surface area contributed by atoms with Crippen molar-refractivity contribution >= 4 is 76.3 Å². The molecule has 3 heterocycles. The topological polar surface area (TPSA) is 31.2 Å². The van der Waals surface area contributed by atoms with Gasteiger partial charge in [0.15, 0.2) is 0 Å². The van der Waals surface area contributed by atoms with Crippen molar-refractivity contribution in [2.24, 2.45) is 0 Å². The number of hydrogen-bond donors (Lipinski definition) is 0. The first-order valence-corrected chi connectivity index (χ1v) is 20.8. The van der Waals surface area contributed by atoms with Gasteiger partial charge in [0.2, 0.25) is 0 Å². The Morgan fingerprint density at radius 3 is 1.46 bits per heavy atom. The zero-order valence-electron chi connectivity index (χ0n) is 33.0. The average molecular weight is 778 g/mol. The summed E-state index contributed by atoms with van der Waals surface area (Å²) in [6.45, 7) is 0. The largest absolute Gasteiger partial charge is 0.456 e. The number of hydrogen-bond acceptors (Lipinski definition) is 2. The first-order valence-electron chi connectivity index (χ1n) is 20.8. The minimum Gasteiger partial charge on any atom is -0.456 e. The standard InChI is InChI=1S/C58H35NO2/c1-4-16-36(17-5-1)55-46-30-33-52-56(58(46)61-57(55)37-18-6-2-7-19-37)48-35-39(29-32-51(48)60-52)54-44-25-12-10-23-42(44)53(43-24-11-13-26-45(43)54)38-28-31-50-47(34-38)41-22-14-15-27-49(41)59(50)40-20-8-3-9-21-40/h1-35H. The van der Waals surface area contributed by atoms with E-state index >= 15 is 0 Å². The second-order valence-corrected chi connectivity index (χ2v) is 15.9. The van der Waals surface area contributed by atoms with Crippen LogP contribution in [0.1, 0.15) is 0 Å². The molecular weight excluding hydrogens is 743 g/mol. The zero-order valence-corrected chi connectivity index (χ0v) is 33.0. The number of nitrogens with zero attached hydrogens (tertiary/aromatic N) is 1. The smallest absolute Gasteiger partial charge is 0.147 e. The molecule has 0 N–H and O–H groups in total. The van der Waals surface area contributed by atoms with E-state index in [-0.39, 0.29) is 0 Å². The summed E-state index contributed by atoms with van der Waals surface area (Å²) in [6.07, 6.45) is 0. The van der Waals surface area contributed by atoms with Crippen LogP contribution in [0.2, 0.25) is 0 Å². The molecule has 3 nitrogen and oxygen atoms in total. The highest BCUT2D eigenvalue weighted by atomic mass is 16.3. The van der Waals surface area contributed by atoms with E-state index in [2.05, 4.69) is 211 Å². The summed E-state index contributed by atoms with van der Waals surface area (Å²) in [4.78, 5) is 0. The Hall–Kier alpha value is -8.14. The molecule has 0 spiro atoms. The van der Waals surface area contributed by atoms with Gasteiger partial charge in [0.25, 0.3) is 0 Å². The molecule has 0 saturated heterocycles. The molecule has 0 atom stereocenters. The predicted octanol–water partition coefficient (Wildman–Crippen LogP) is 16.4. The van der Waals surface area contributed by atoms with Crippen molar-refractivity contribution in [2.75, 3.05) is 0 Å². The number of aromatic nitrogens is 1. The second-order valence-electron chi connectivity index (χ2n) is 15.9. The van der Waals surface area contributed by atoms with E-state index in [0.717, 1.165) is 66.6 Å². The first kappa shape index (κ1) is 33.8. The first-order chi connectivity index (χ1) is 30.3. The van der Waals surface area contributed by atoms with E-state index in [1.807, 2.05) is 6.07 Å². The van der Waals surface area contributed by atoms with Crippen LogP contribution in [0, 0.1) is 0 Å². The van der Waals surface area contributed by atoms with Crippen molar-refractivity contribution in [3.63, 3.8) is 0 Å². The summed E-state index contributed by atoms with van der Waals surface area (Å²) in [5, 5.41) is 10.4. The minimum absolute atomic E-state index is 0.807. The number of rotatable bonds is 5. The third-order valence-corrected chi connectivity index (χ3v) is 12.6. The highest BCUT2D eigenvalue weighted by Crippen LogP contribution is 2.48. The maximum Gasteiger partial charge on any atom is 0.147 e. The van der Waals surface area contributed by atoms with Gasteiger partial charge in [0.05, 0.1) is 16.4 Å². The molecular formula is C58H35NO2. The molecule has 0 aliphatic heterocycles. The molecule has 61 heavy (non-hydrogen) atoms. The van der Waals surface area contributed by atoms with Crippen LogP contribution in [0.15, 0.2) is 221 Å². The summed E-state index contributed by atoms with van der Waals surface area (Å²) in [6, 6.07) is 76.1.